The average molecular weight is 480 g/mol. The first kappa shape index (κ1) is 23.2. The molecule has 1 aliphatic heterocycles. The van der Waals surface area contributed by atoms with E-state index in [-0.39, 0.29) is 27.6 Å². The number of anilines is 1. The molecule has 0 spiro atoms. The van der Waals surface area contributed by atoms with Crippen LogP contribution in [0.4, 0.5) is 5.69 Å². The van der Waals surface area contributed by atoms with Crippen molar-refractivity contribution < 1.29 is 29.3 Å². The summed E-state index contributed by atoms with van der Waals surface area (Å²) in [7, 11) is 1.52. The molecular formula is C26H22ClNO6. The number of ketones is 1. The fourth-order valence-electron chi connectivity index (χ4n) is 3.94. The van der Waals surface area contributed by atoms with Gasteiger partial charge in [-0.15, -0.1) is 0 Å². The Morgan fingerprint density at radius 1 is 1.03 bits per heavy atom. The Balaban J connectivity index is 1.96. The van der Waals surface area contributed by atoms with Gasteiger partial charge in [-0.1, -0.05) is 35.9 Å². The number of ether oxygens (including phenoxy) is 2. The van der Waals surface area contributed by atoms with Crippen LogP contribution < -0.4 is 14.4 Å². The van der Waals surface area contributed by atoms with Crippen molar-refractivity contribution in [2.45, 2.75) is 13.0 Å². The van der Waals surface area contributed by atoms with Gasteiger partial charge in [0, 0.05) is 5.56 Å². The van der Waals surface area contributed by atoms with Gasteiger partial charge in [0.2, 0.25) is 0 Å². The van der Waals surface area contributed by atoms with Crippen LogP contribution in [0.5, 0.6) is 17.2 Å². The first-order chi connectivity index (χ1) is 16.4. The predicted octanol–water partition coefficient (Wildman–Crippen LogP) is 5.08. The molecule has 1 atom stereocenters. The summed E-state index contributed by atoms with van der Waals surface area (Å²) in [6.07, 6.45) is 0. The highest BCUT2D eigenvalue weighted by atomic mass is 35.5. The largest absolute Gasteiger partial charge is 0.507 e. The molecule has 0 bridgehead atoms. The lowest BCUT2D eigenvalue weighted by atomic mass is 9.95. The van der Waals surface area contributed by atoms with Crippen molar-refractivity contribution >= 4 is 34.7 Å². The van der Waals surface area contributed by atoms with Crippen LogP contribution in [0.3, 0.4) is 0 Å². The number of para-hydroxylation sites is 2. The summed E-state index contributed by atoms with van der Waals surface area (Å²) in [4.78, 5) is 27.6. The molecule has 0 aliphatic carbocycles. The third-order valence-electron chi connectivity index (χ3n) is 5.52. The monoisotopic (exact) mass is 479 g/mol. The van der Waals surface area contributed by atoms with Gasteiger partial charge in [-0.05, 0) is 55.0 Å². The normalized spacial score (nSPS) is 17.1. The van der Waals surface area contributed by atoms with E-state index in [1.807, 2.05) is 6.92 Å². The summed E-state index contributed by atoms with van der Waals surface area (Å²) in [6.45, 7) is 2.21. The van der Waals surface area contributed by atoms with E-state index in [1.54, 1.807) is 48.5 Å². The van der Waals surface area contributed by atoms with Crippen molar-refractivity contribution in [2.24, 2.45) is 0 Å². The molecule has 1 heterocycles. The summed E-state index contributed by atoms with van der Waals surface area (Å²) >= 11 is 6.35. The molecule has 174 valence electrons. The number of amides is 1. The van der Waals surface area contributed by atoms with E-state index in [2.05, 4.69) is 0 Å². The highest BCUT2D eigenvalue weighted by Crippen LogP contribution is 2.45. The number of aliphatic hydroxyl groups excluding tert-OH is 1. The van der Waals surface area contributed by atoms with Gasteiger partial charge in [0.15, 0.2) is 0 Å². The lowest BCUT2D eigenvalue weighted by Gasteiger charge is -2.26. The SMILES string of the molecule is CCOc1ccc(Cl)c(/C(O)=C2\C(=O)C(=O)N(c3ccccc3O)C2c2ccc(OC)cc2)c1. The molecule has 0 radical (unpaired) electrons. The quantitative estimate of drug-likeness (QED) is 0.291. The van der Waals surface area contributed by atoms with Gasteiger partial charge in [0.25, 0.3) is 11.7 Å². The third kappa shape index (κ3) is 4.06. The molecule has 7 nitrogen and oxygen atoms in total. The van der Waals surface area contributed by atoms with Gasteiger partial charge in [0.1, 0.15) is 23.0 Å². The maximum atomic E-state index is 13.3. The van der Waals surface area contributed by atoms with Crippen molar-refractivity contribution in [1.82, 2.24) is 0 Å². The van der Waals surface area contributed by atoms with Gasteiger partial charge >= 0.3 is 0 Å². The van der Waals surface area contributed by atoms with E-state index in [9.17, 15) is 19.8 Å². The number of rotatable bonds is 6. The molecule has 8 heteroatoms. The minimum Gasteiger partial charge on any atom is -0.507 e. The number of methoxy groups -OCH3 is 1. The molecule has 0 aromatic heterocycles. The zero-order valence-electron chi connectivity index (χ0n) is 18.5. The Hall–Kier alpha value is -3.97. The summed E-state index contributed by atoms with van der Waals surface area (Å²) in [5.74, 6) is -1.39. The lowest BCUT2D eigenvalue weighted by Crippen LogP contribution is -2.29. The van der Waals surface area contributed by atoms with Crippen molar-refractivity contribution in [3.8, 4) is 17.2 Å². The Labute approximate surface area is 201 Å². The number of nitrogens with zero attached hydrogens (tertiary/aromatic N) is 1. The summed E-state index contributed by atoms with van der Waals surface area (Å²) in [6, 6.07) is 16.6. The van der Waals surface area contributed by atoms with Gasteiger partial charge in [0.05, 0.1) is 36.0 Å². The molecule has 3 aromatic carbocycles. The van der Waals surface area contributed by atoms with Crippen LogP contribution in [0.25, 0.3) is 5.76 Å². The van der Waals surface area contributed by atoms with E-state index in [0.717, 1.165) is 0 Å². The van der Waals surface area contributed by atoms with Gasteiger partial charge in [-0.2, -0.15) is 0 Å². The van der Waals surface area contributed by atoms with E-state index in [0.29, 0.717) is 23.7 Å². The zero-order chi connectivity index (χ0) is 24.4. The topological polar surface area (TPSA) is 96.3 Å². The number of phenolic OH excluding ortho intramolecular Hbond substituents is 1. The fourth-order valence-corrected chi connectivity index (χ4v) is 4.14. The second kappa shape index (κ2) is 9.49. The standard InChI is InChI=1S/C26H22ClNO6/c1-3-34-17-12-13-19(27)18(14-17)24(30)22-23(15-8-10-16(33-2)11-9-15)28(26(32)25(22)31)20-6-4-5-7-21(20)29/h4-14,23,29-30H,3H2,1-2H3/b24-22+. The van der Waals surface area contributed by atoms with Crippen LogP contribution >= 0.6 is 11.6 Å². The van der Waals surface area contributed by atoms with Crippen LogP contribution in [0, 0.1) is 0 Å². The van der Waals surface area contributed by atoms with Crippen LogP contribution in [-0.4, -0.2) is 35.6 Å². The predicted molar refractivity (Wildman–Crippen MR) is 129 cm³/mol. The minimum atomic E-state index is -1.02. The van der Waals surface area contributed by atoms with Crippen LogP contribution in [0.1, 0.15) is 24.1 Å². The number of halogens is 1. The van der Waals surface area contributed by atoms with E-state index < -0.39 is 23.5 Å². The number of aromatic hydroxyl groups is 1. The van der Waals surface area contributed by atoms with Gasteiger partial charge < -0.3 is 19.7 Å². The molecule has 1 fully saturated rings. The van der Waals surface area contributed by atoms with Crippen molar-refractivity contribution in [1.29, 1.82) is 0 Å². The number of hydrogen-bond acceptors (Lipinski definition) is 6. The Morgan fingerprint density at radius 3 is 2.35 bits per heavy atom. The molecule has 1 amide bonds. The van der Waals surface area contributed by atoms with Gasteiger partial charge in [-0.25, -0.2) is 0 Å². The Morgan fingerprint density at radius 2 is 1.71 bits per heavy atom. The molecule has 3 aromatic rings. The van der Waals surface area contributed by atoms with Crippen molar-refractivity contribution in [3.05, 3.63) is 88.5 Å². The average Bonchev–Trinajstić information content (AvgIpc) is 3.10. The number of aliphatic hydroxyl groups is 1. The fraction of sp³-hybridized carbons (Fsp3) is 0.154. The number of phenols is 1. The first-order valence-electron chi connectivity index (χ1n) is 10.5. The molecular weight excluding hydrogens is 458 g/mol. The van der Waals surface area contributed by atoms with Crippen molar-refractivity contribution in [2.75, 3.05) is 18.6 Å². The molecule has 2 N–H and O–H groups in total. The zero-order valence-corrected chi connectivity index (χ0v) is 19.2. The van der Waals surface area contributed by atoms with Crippen LogP contribution in [-0.2, 0) is 9.59 Å². The molecule has 1 saturated heterocycles. The maximum absolute atomic E-state index is 13.3. The highest BCUT2D eigenvalue weighted by Gasteiger charge is 2.47. The summed E-state index contributed by atoms with van der Waals surface area (Å²) < 4.78 is 10.7. The number of carbonyl (C=O) groups excluding carboxylic acids is 2. The summed E-state index contributed by atoms with van der Waals surface area (Å²) in [5.41, 5.74) is 0.663. The minimum absolute atomic E-state index is 0.138. The number of benzene rings is 3. The molecule has 1 unspecified atom stereocenters. The Kier molecular flexibility index (Phi) is 6.47. The van der Waals surface area contributed by atoms with Crippen molar-refractivity contribution in [3.63, 3.8) is 0 Å². The van der Waals surface area contributed by atoms with Gasteiger partial charge in [-0.3, -0.25) is 14.5 Å². The van der Waals surface area contributed by atoms with Crippen LogP contribution in [0.15, 0.2) is 72.3 Å². The number of hydrogen-bond donors (Lipinski definition) is 2. The second-order valence-corrected chi connectivity index (χ2v) is 7.91. The number of Topliss-reactive ketones (excluding diaryl/α,β-unsaturated/α-hetero) is 1. The number of carbonyl (C=O) groups is 2. The molecule has 1 aliphatic rings. The Bertz CT molecular complexity index is 1280. The lowest BCUT2D eigenvalue weighted by molar-refractivity contribution is -0.132. The van der Waals surface area contributed by atoms with E-state index >= 15 is 0 Å². The third-order valence-corrected chi connectivity index (χ3v) is 5.85. The highest BCUT2D eigenvalue weighted by molar-refractivity contribution is 6.52. The molecule has 0 saturated carbocycles. The first-order valence-corrected chi connectivity index (χ1v) is 10.9. The maximum Gasteiger partial charge on any atom is 0.300 e. The molecule has 4 rings (SSSR count). The molecule has 34 heavy (non-hydrogen) atoms. The van der Waals surface area contributed by atoms with Crippen LogP contribution in [0.2, 0.25) is 5.02 Å². The smallest absolute Gasteiger partial charge is 0.300 e. The van der Waals surface area contributed by atoms with E-state index in [4.69, 9.17) is 21.1 Å². The van der Waals surface area contributed by atoms with E-state index in [1.165, 1.54) is 30.2 Å². The second-order valence-electron chi connectivity index (χ2n) is 7.51. The summed E-state index contributed by atoms with van der Waals surface area (Å²) in [5, 5.41) is 21.9.